The third-order valence-corrected chi connectivity index (χ3v) is 3.63. The Morgan fingerprint density at radius 1 is 1.41 bits per heavy atom. The number of aliphatic hydroxyl groups excluding tert-OH is 1. The minimum absolute atomic E-state index is 0.0494. The highest BCUT2D eigenvalue weighted by atomic mass is 16.3. The summed E-state index contributed by atoms with van der Waals surface area (Å²) in [6, 6.07) is 8.36. The van der Waals surface area contributed by atoms with Gasteiger partial charge in [0.2, 0.25) is 0 Å². The standard InChI is InChI=1S/C14H22N2O/c1-10-9-16(8-7-14(10)17)13-6-4-3-5-12(13)11(2)15/h3-6,10-11,14,17H,7-9,15H2,1-2H3/t10?,11-,14?/m0/s1. The minimum atomic E-state index is -0.159. The molecule has 1 aromatic rings. The first-order chi connectivity index (χ1) is 8.09. The Balaban J connectivity index is 2.22. The van der Waals surface area contributed by atoms with Crippen LogP contribution in [0.15, 0.2) is 24.3 Å². The number of nitrogens with zero attached hydrogens (tertiary/aromatic N) is 1. The van der Waals surface area contributed by atoms with Gasteiger partial charge < -0.3 is 15.7 Å². The largest absolute Gasteiger partial charge is 0.393 e. The van der Waals surface area contributed by atoms with Crippen LogP contribution in [0.25, 0.3) is 0 Å². The zero-order chi connectivity index (χ0) is 12.4. The van der Waals surface area contributed by atoms with Crippen LogP contribution in [0.2, 0.25) is 0 Å². The lowest BCUT2D eigenvalue weighted by atomic mass is 9.95. The summed E-state index contributed by atoms with van der Waals surface area (Å²) < 4.78 is 0. The Kier molecular flexibility index (Phi) is 3.69. The van der Waals surface area contributed by atoms with E-state index >= 15 is 0 Å². The molecule has 3 heteroatoms. The number of piperidine rings is 1. The highest BCUT2D eigenvalue weighted by Crippen LogP contribution is 2.29. The van der Waals surface area contributed by atoms with Gasteiger partial charge in [0, 0.05) is 24.8 Å². The summed E-state index contributed by atoms with van der Waals surface area (Å²) in [5.74, 6) is 0.324. The molecule has 0 aromatic heterocycles. The number of hydrogen-bond donors (Lipinski definition) is 2. The van der Waals surface area contributed by atoms with Crippen molar-refractivity contribution >= 4 is 5.69 Å². The minimum Gasteiger partial charge on any atom is -0.393 e. The molecule has 0 radical (unpaired) electrons. The highest BCUT2D eigenvalue weighted by Gasteiger charge is 2.25. The second-order valence-corrected chi connectivity index (χ2v) is 5.13. The van der Waals surface area contributed by atoms with E-state index in [0.29, 0.717) is 5.92 Å². The molecule has 94 valence electrons. The van der Waals surface area contributed by atoms with E-state index in [9.17, 15) is 5.11 Å². The van der Waals surface area contributed by atoms with Crippen LogP contribution < -0.4 is 10.6 Å². The van der Waals surface area contributed by atoms with Crippen molar-refractivity contribution < 1.29 is 5.11 Å². The van der Waals surface area contributed by atoms with Crippen LogP contribution >= 0.6 is 0 Å². The van der Waals surface area contributed by atoms with E-state index in [1.807, 2.05) is 13.0 Å². The maximum Gasteiger partial charge on any atom is 0.0599 e. The van der Waals surface area contributed by atoms with E-state index in [4.69, 9.17) is 5.73 Å². The molecule has 3 nitrogen and oxygen atoms in total. The van der Waals surface area contributed by atoms with Crippen LogP contribution in [0, 0.1) is 5.92 Å². The second kappa shape index (κ2) is 5.07. The monoisotopic (exact) mass is 234 g/mol. The molecule has 17 heavy (non-hydrogen) atoms. The Hall–Kier alpha value is -1.06. The number of hydrogen-bond acceptors (Lipinski definition) is 3. The van der Waals surface area contributed by atoms with E-state index in [1.54, 1.807) is 0 Å². The lowest BCUT2D eigenvalue weighted by molar-refractivity contribution is 0.0970. The molecule has 1 saturated heterocycles. The molecule has 1 heterocycles. The molecule has 0 aliphatic carbocycles. The smallest absolute Gasteiger partial charge is 0.0599 e. The van der Waals surface area contributed by atoms with Gasteiger partial charge in [-0.2, -0.15) is 0 Å². The van der Waals surface area contributed by atoms with E-state index in [1.165, 1.54) is 11.3 Å². The Morgan fingerprint density at radius 2 is 2.12 bits per heavy atom. The van der Waals surface area contributed by atoms with E-state index in [-0.39, 0.29) is 12.1 Å². The topological polar surface area (TPSA) is 49.5 Å². The predicted molar refractivity (Wildman–Crippen MR) is 71.0 cm³/mol. The van der Waals surface area contributed by atoms with Gasteiger partial charge in [0.1, 0.15) is 0 Å². The van der Waals surface area contributed by atoms with Gasteiger partial charge in [-0.05, 0) is 30.9 Å². The van der Waals surface area contributed by atoms with Gasteiger partial charge in [0.25, 0.3) is 0 Å². The molecule has 1 aliphatic rings. The summed E-state index contributed by atoms with van der Waals surface area (Å²) in [5, 5.41) is 9.77. The van der Waals surface area contributed by atoms with Crippen LogP contribution in [0.3, 0.4) is 0 Å². The van der Waals surface area contributed by atoms with Crippen molar-refractivity contribution in [1.29, 1.82) is 0 Å². The van der Waals surface area contributed by atoms with Crippen LogP contribution in [-0.4, -0.2) is 24.3 Å². The molecule has 2 rings (SSSR count). The van der Waals surface area contributed by atoms with Crippen molar-refractivity contribution in [1.82, 2.24) is 0 Å². The van der Waals surface area contributed by atoms with Gasteiger partial charge in [-0.15, -0.1) is 0 Å². The molecule has 3 N–H and O–H groups in total. The Morgan fingerprint density at radius 3 is 2.76 bits per heavy atom. The highest BCUT2D eigenvalue weighted by molar-refractivity contribution is 5.55. The first-order valence-corrected chi connectivity index (χ1v) is 6.37. The number of nitrogens with two attached hydrogens (primary N) is 1. The molecule has 0 bridgehead atoms. The van der Waals surface area contributed by atoms with E-state index in [2.05, 4.69) is 30.0 Å². The molecular formula is C14H22N2O. The SMILES string of the molecule is CC1CN(c2ccccc2[C@H](C)N)CCC1O. The normalized spacial score (nSPS) is 26.9. The fourth-order valence-corrected chi connectivity index (χ4v) is 2.51. The van der Waals surface area contributed by atoms with Crippen LogP contribution in [-0.2, 0) is 0 Å². The van der Waals surface area contributed by atoms with Gasteiger partial charge >= 0.3 is 0 Å². The van der Waals surface area contributed by atoms with Crippen molar-refractivity contribution in [3.8, 4) is 0 Å². The molecule has 3 atom stereocenters. The average molecular weight is 234 g/mol. The first-order valence-electron chi connectivity index (χ1n) is 6.37. The predicted octanol–water partition coefficient (Wildman–Crippen LogP) is 1.91. The summed E-state index contributed by atoms with van der Waals surface area (Å²) in [7, 11) is 0. The van der Waals surface area contributed by atoms with Crippen molar-refractivity contribution in [2.24, 2.45) is 11.7 Å². The maximum atomic E-state index is 9.77. The summed E-state index contributed by atoms with van der Waals surface area (Å²) in [5.41, 5.74) is 8.42. The molecule has 1 aromatic carbocycles. The summed E-state index contributed by atoms with van der Waals surface area (Å²) >= 11 is 0. The van der Waals surface area contributed by atoms with E-state index in [0.717, 1.165) is 19.5 Å². The average Bonchev–Trinajstić information content (AvgIpc) is 2.32. The molecule has 0 saturated carbocycles. The second-order valence-electron chi connectivity index (χ2n) is 5.13. The molecule has 0 spiro atoms. The molecule has 0 amide bonds. The molecule has 1 fully saturated rings. The summed E-state index contributed by atoms with van der Waals surface area (Å²) in [6.45, 7) is 5.94. The zero-order valence-electron chi connectivity index (χ0n) is 10.6. The molecule has 1 aliphatic heterocycles. The zero-order valence-corrected chi connectivity index (χ0v) is 10.6. The third kappa shape index (κ3) is 2.61. The summed E-state index contributed by atoms with van der Waals surface area (Å²) in [6.07, 6.45) is 0.683. The van der Waals surface area contributed by atoms with Gasteiger partial charge in [0.15, 0.2) is 0 Å². The maximum absolute atomic E-state index is 9.77. The number of anilines is 1. The fourth-order valence-electron chi connectivity index (χ4n) is 2.51. The van der Waals surface area contributed by atoms with Crippen LogP contribution in [0.4, 0.5) is 5.69 Å². The molecule has 2 unspecified atom stereocenters. The first kappa shape index (κ1) is 12.4. The van der Waals surface area contributed by atoms with Crippen LogP contribution in [0.5, 0.6) is 0 Å². The lowest BCUT2D eigenvalue weighted by Crippen LogP contribution is -2.42. The fraction of sp³-hybridized carbons (Fsp3) is 0.571. The van der Waals surface area contributed by atoms with Gasteiger partial charge in [-0.1, -0.05) is 25.1 Å². The third-order valence-electron chi connectivity index (χ3n) is 3.63. The molecular weight excluding hydrogens is 212 g/mol. The van der Waals surface area contributed by atoms with Crippen molar-refractivity contribution in [2.75, 3.05) is 18.0 Å². The Labute approximate surface area is 103 Å². The number of rotatable bonds is 2. The van der Waals surface area contributed by atoms with Gasteiger partial charge in [0.05, 0.1) is 6.10 Å². The quantitative estimate of drug-likeness (QED) is 0.822. The number of aliphatic hydroxyl groups is 1. The number of para-hydroxylation sites is 1. The van der Waals surface area contributed by atoms with Crippen molar-refractivity contribution in [2.45, 2.75) is 32.4 Å². The van der Waals surface area contributed by atoms with Gasteiger partial charge in [-0.3, -0.25) is 0 Å². The van der Waals surface area contributed by atoms with E-state index < -0.39 is 0 Å². The number of benzene rings is 1. The lowest BCUT2D eigenvalue weighted by Gasteiger charge is -2.37. The van der Waals surface area contributed by atoms with Crippen LogP contribution in [0.1, 0.15) is 31.9 Å². The van der Waals surface area contributed by atoms with Crippen molar-refractivity contribution in [3.05, 3.63) is 29.8 Å². The summed E-state index contributed by atoms with van der Waals surface area (Å²) in [4.78, 5) is 2.34. The van der Waals surface area contributed by atoms with Crippen molar-refractivity contribution in [3.63, 3.8) is 0 Å². The Bertz CT molecular complexity index is 378. The van der Waals surface area contributed by atoms with Gasteiger partial charge in [-0.25, -0.2) is 0 Å².